The Morgan fingerprint density at radius 1 is 1.00 bits per heavy atom. The number of anilines is 2. The van der Waals surface area contributed by atoms with Crippen LogP contribution in [-0.4, -0.2) is 46.5 Å². The predicted molar refractivity (Wildman–Crippen MR) is 110 cm³/mol. The van der Waals surface area contributed by atoms with Crippen molar-refractivity contribution in [2.75, 3.05) is 42.8 Å². The van der Waals surface area contributed by atoms with Crippen LogP contribution in [0.2, 0.25) is 0 Å². The van der Waals surface area contributed by atoms with Crippen LogP contribution in [0.25, 0.3) is 0 Å². The van der Waals surface area contributed by atoms with Crippen LogP contribution >= 0.6 is 12.4 Å². The maximum Gasteiger partial charge on any atom is 0.417 e. The molecular formula is C19H23ClF3N3O2S. The molecule has 5 nitrogen and oxygen atoms in total. The molecule has 0 saturated carbocycles. The lowest BCUT2D eigenvalue weighted by atomic mass is 10.1. The molecule has 2 aromatic rings. The Morgan fingerprint density at radius 3 is 2.21 bits per heavy atom. The van der Waals surface area contributed by atoms with Crippen molar-refractivity contribution in [2.45, 2.75) is 18.0 Å². The Bertz CT molecular complexity index is 959. The smallest absolute Gasteiger partial charge is 0.369 e. The standard InChI is InChI=1S/C19H22F3N3O2S.ClH/c1-14-13-15(7-8-17(14)25-11-9-24(2)10-12-25)23-28(26,27)18-6-4-3-5-16(18)19(20,21)22;/h3-8,13,23H,9-12H2,1-2H3;1H. The van der Waals surface area contributed by atoms with Crippen molar-refractivity contribution in [3.05, 3.63) is 53.6 Å². The monoisotopic (exact) mass is 449 g/mol. The topological polar surface area (TPSA) is 52.7 Å². The van der Waals surface area contributed by atoms with E-state index in [4.69, 9.17) is 0 Å². The van der Waals surface area contributed by atoms with E-state index in [9.17, 15) is 21.6 Å². The quantitative estimate of drug-likeness (QED) is 0.767. The molecule has 1 aliphatic rings. The minimum Gasteiger partial charge on any atom is -0.369 e. The molecule has 0 aliphatic carbocycles. The number of hydrogen-bond acceptors (Lipinski definition) is 4. The van der Waals surface area contributed by atoms with Gasteiger partial charge in [-0.1, -0.05) is 12.1 Å². The Kier molecular flexibility index (Phi) is 7.08. The zero-order valence-corrected chi connectivity index (χ0v) is 17.7. The van der Waals surface area contributed by atoms with Crippen LogP contribution in [0.1, 0.15) is 11.1 Å². The summed E-state index contributed by atoms with van der Waals surface area (Å²) in [5, 5.41) is 0. The van der Waals surface area contributed by atoms with Crippen molar-refractivity contribution in [3.8, 4) is 0 Å². The first-order valence-corrected chi connectivity index (χ1v) is 10.3. The summed E-state index contributed by atoms with van der Waals surface area (Å²) in [6, 6.07) is 9.17. The SMILES string of the molecule is Cc1cc(NS(=O)(=O)c2ccccc2C(F)(F)F)ccc1N1CCN(C)CC1.Cl. The van der Waals surface area contributed by atoms with Crippen molar-refractivity contribution in [3.63, 3.8) is 0 Å². The van der Waals surface area contributed by atoms with E-state index in [1.54, 1.807) is 18.2 Å². The summed E-state index contributed by atoms with van der Waals surface area (Å²) in [5.74, 6) is 0. The number of benzene rings is 2. The van der Waals surface area contributed by atoms with Crippen LogP contribution in [0.5, 0.6) is 0 Å². The molecule has 0 bridgehead atoms. The molecule has 1 saturated heterocycles. The highest BCUT2D eigenvalue weighted by Gasteiger charge is 2.36. The van der Waals surface area contributed by atoms with E-state index in [1.165, 1.54) is 6.07 Å². The van der Waals surface area contributed by atoms with Crippen LogP contribution < -0.4 is 9.62 Å². The van der Waals surface area contributed by atoms with Gasteiger partial charge in [0.1, 0.15) is 0 Å². The van der Waals surface area contributed by atoms with Gasteiger partial charge in [-0.25, -0.2) is 8.42 Å². The third-order valence-corrected chi connectivity index (χ3v) is 6.21. The first kappa shape index (κ1) is 23.3. The molecule has 2 aromatic carbocycles. The second-order valence-electron chi connectivity index (χ2n) is 6.89. The van der Waals surface area contributed by atoms with Gasteiger partial charge in [0.05, 0.1) is 10.5 Å². The molecule has 1 N–H and O–H groups in total. The van der Waals surface area contributed by atoms with Gasteiger partial charge in [-0.05, 0) is 49.9 Å². The van der Waals surface area contributed by atoms with E-state index in [0.717, 1.165) is 55.6 Å². The summed E-state index contributed by atoms with van der Waals surface area (Å²) in [4.78, 5) is 3.65. The van der Waals surface area contributed by atoms with E-state index in [-0.39, 0.29) is 18.1 Å². The fourth-order valence-electron chi connectivity index (χ4n) is 3.27. The average Bonchev–Trinajstić information content (AvgIpc) is 2.62. The molecule has 1 heterocycles. The van der Waals surface area contributed by atoms with Gasteiger partial charge in [-0.2, -0.15) is 13.2 Å². The zero-order chi connectivity index (χ0) is 20.5. The normalized spacial score (nSPS) is 15.7. The summed E-state index contributed by atoms with van der Waals surface area (Å²) >= 11 is 0. The summed E-state index contributed by atoms with van der Waals surface area (Å²) < 4.78 is 66.9. The van der Waals surface area contributed by atoms with Gasteiger partial charge >= 0.3 is 6.18 Å². The van der Waals surface area contributed by atoms with E-state index >= 15 is 0 Å². The Morgan fingerprint density at radius 2 is 1.62 bits per heavy atom. The summed E-state index contributed by atoms with van der Waals surface area (Å²) in [7, 11) is -2.32. The predicted octanol–water partition coefficient (Wildman–Crippen LogP) is 3.99. The number of halogens is 4. The van der Waals surface area contributed by atoms with Crippen molar-refractivity contribution in [1.82, 2.24) is 4.90 Å². The van der Waals surface area contributed by atoms with Crippen LogP contribution in [0.15, 0.2) is 47.4 Å². The molecule has 0 unspecified atom stereocenters. The van der Waals surface area contributed by atoms with Crippen LogP contribution in [-0.2, 0) is 16.2 Å². The molecule has 10 heteroatoms. The maximum atomic E-state index is 13.2. The Labute approximate surface area is 175 Å². The van der Waals surface area contributed by atoms with Gasteiger partial charge in [-0.3, -0.25) is 4.72 Å². The second-order valence-corrected chi connectivity index (χ2v) is 8.54. The number of aryl methyl sites for hydroxylation is 1. The second kappa shape index (κ2) is 8.81. The zero-order valence-electron chi connectivity index (χ0n) is 16.0. The highest BCUT2D eigenvalue weighted by atomic mass is 35.5. The van der Waals surface area contributed by atoms with Gasteiger partial charge in [0, 0.05) is 37.6 Å². The fraction of sp³-hybridized carbons (Fsp3) is 0.368. The molecule has 3 rings (SSSR count). The first-order chi connectivity index (χ1) is 13.1. The number of hydrogen-bond donors (Lipinski definition) is 1. The third-order valence-electron chi connectivity index (χ3n) is 4.77. The van der Waals surface area contributed by atoms with Gasteiger partial charge < -0.3 is 9.80 Å². The summed E-state index contributed by atoms with van der Waals surface area (Å²) in [6.07, 6.45) is -4.76. The lowest BCUT2D eigenvalue weighted by Crippen LogP contribution is -2.44. The number of rotatable bonds is 4. The lowest BCUT2D eigenvalue weighted by Gasteiger charge is -2.35. The van der Waals surface area contributed by atoms with Crippen LogP contribution in [0, 0.1) is 6.92 Å². The average molecular weight is 450 g/mol. The minimum absolute atomic E-state index is 0. The van der Waals surface area contributed by atoms with E-state index in [1.807, 2.05) is 6.92 Å². The number of nitrogens with one attached hydrogen (secondary N) is 1. The Balaban J connectivity index is 0.00000300. The van der Waals surface area contributed by atoms with Gasteiger partial charge in [0.15, 0.2) is 0 Å². The number of sulfonamides is 1. The van der Waals surface area contributed by atoms with Crippen LogP contribution in [0.3, 0.4) is 0 Å². The third kappa shape index (κ3) is 5.34. The molecular weight excluding hydrogens is 427 g/mol. The largest absolute Gasteiger partial charge is 0.417 e. The number of alkyl halides is 3. The molecule has 0 radical (unpaired) electrons. The van der Waals surface area contributed by atoms with Gasteiger partial charge in [-0.15, -0.1) is 12.4 Å². The summed E-state index contributed by atoms with van der Waals surface area (Å²) in [6.45, 7) is 5.45. The van der Waals surface area contributed by atoms with Crippen molar-refractivity contribution < 1.29 is 21.6 Å². The summed E-state index contributed by atoms with van der Waals surface area (Å²) in [5.41, 5.74) is 0.890. The number of nitrogens with zero attached hydrogens (tertiary/aromatic N) is 2. The molecule has 29 heavy (non-hydrogen) atoms. The molecule has 1 aliphatic heterocycles. The number of piperazine rings is 1. The maximum absolute atomic E-state index is 13.2. The van der Waals surface area contributed by atoms with Crippen molar-refractivity contribution in [1.29, 1.82) is 0 Å². The van der Waals surface area contributed by atoms with E-state index in [0.29, 0.717) is 0 Å². The van der Waals surface area contributed by atoms with Crippen molar-refractivity contribution >= 4 is 33.8 Å². The molecule has 0 amide bonds. The first-order valence-electron chi connectivity index (χ1n) is 8.81. The van der Waals surface area contributed by atoms with Gasteiger partial charge in [0.25, 0.3) is 10.0 Å². The van der Waals surface area contributed by atoms with E-state index in [2.05, 4.69) is 21.6 Å². The molecule has 160 valence electrons. The Hall–Kier alpha value is -1.97. The van der Waals surface area contributed by atoms with Crippen molar-refractivity contribution in [2.24, 2.45) is 0 Å². The van der Waals surface area contributed by atoms with E-state index < -0.39 is 26.7 Å². The highest BCUT2D eigenvalue weighted by Crippen LogP contribution is 2.35. The fourth-order valence-corrected chi connectivity index (χ4v) is 4.54. The van der Waals surface area contributed by atoms with Crippen LogP contribution in [0.4, 0.5) is 24.5 Å². The number of likely N-dealkylation sites (N-methyl/N-ethyl adjacent to an activating group) is 1. The minimum atomic E-state index is -4.76. The molecule has 0 spiro atoms. The highest BCUT2D eigenvalue weighted by molar-refractivity contribution is 7.92. The molecule has 1 fully saturated rings. The van der Waals surface area contributed by atoms with Gasteiger partial charge in [0.2, 0.25) is 0 Å². The lowest BCUT2D eigenvalue weighted by molar-refractivity contribution is -0.139. The molecule has 0 atom stereocenters. The molecule has 0 aromatic heterocycles.